The molecule has 0 aromatic heterocycles. The molecule has 1 aromatic carbocycles. The van der Waals surface area contributed by atoms with Crippen molar-refractivity contribution in [3.8, 4) is 5.75 Å². The Morgan fingerprint density at radius 2 is 1.52 bits per heavy atom. The SMILES string of the molecule is CCCCCCCCCCCCOc1ccc(S(C)(=O)=O)cc1NC(=O)C(C(=O)C(C)(C)C)N1C(=O)OC(C)(C)C1=O. The Balaban J connectivity index is 2.18. The first-order chi connectivity index (χ1) is 19.5. The van der Waals surface area contributed by atoms with Crippen LogP contribution in [-0.2, 0) is 29.0 Å². The van der Waals surface area contributed by atoms with Crippen LogP contribution >= 0.6 is 0 Å². The van der Waals surface area contributed by atoms with Gasteiger partial charge in [0.1, 0.15) is 5.75 Å². The van der Waals surface area contributed by atoms with Gasteiger partial charge in [0.15, 0.2) is 27.3 Å². The normalized spacial score (nSPS) is 15.8. The first-order valence-corrected chi connectivity index (χ1v) is 16.8. The standard InChI is InChI=1S/C31H48N2O8S/c1-8-9-10-11-12-13-14-15-16-17-20-40-24-19-18-22(42(7,38)39)21-23(24)32-27(35)25(26(34)30(2,3)4)33-28(36)31(5,6)41-29(33)37/h18-19,21,25H,8-17,20H2,1-7H3,(H,32,35). The molecule has 1 atom stereocenters. The van der Waals surface area contributed by atoms with Gasteiger partial charge in [-0.25, -0.2) is 18.1 Å². The van der Waals surface area contributed by atoms with E-state index in [1.807, 2.05) is 0 Å². The summed E-state index contributed by atoms with van der Waals surface area (Å²) in [7, 11) is -3.64. The molecule has 1 aromatic rings. The minimum absolute atomic E-state index is 0.0148. The highest BCUT2D eigenvalue weighted by atomic mass is 32.2. The Hall–Kier alpha value is -2.95. The highest BCUT2D eigenvalue weighted by Crippen LogP contribution is 2.32. The van der Waals surface area contributed by atoms with Crippen molar-refractivity contribution < 1.29 is 37.1 Å². The van der Waals surface area contributed by atoms with E-state index in [2.05, 4.69) is 12.2 Å². The van der Waals surface area contributed by atoms with Crippen LogP contribution in [0.3, 0.4) is 0 Å². The summed E-state index contributed by atoms with van der Waals surface area (Å²) in [4.78, 5) is 53.1. The second-order valence-electron chi connectivity index (χ2n) is 12.5. The number of hydrogen-bond donors (Lipinski definition) is 1. The first-order valence-electron chi connectivity index (χ1n) is 14.9. The quantitative estimate of drug-likeness (QED) is 0.166. The number of nitrogens with one attached hydrogen (secondary N) is 1. The number of nitrogens with zero attached hydrogens (tertiary/aromatic N) is 1. The maximum absolute atomic E-state index is 13.6. The highest BCUT2D eigenvalue weighted by Gasteiger charge is 2.55. The zero-order valence-corrected chi connectivity index (χ0v) is 27.0. The Kier molecular flexibility index (Phi) is 12.6. The van der Waals surface area contributed by atoms with Gasteiger partial charge in [0.05, 0.1) is 17.2 Å². The monoisotopic (exact) mass is 608 g/mol. The minimum Gasteiger partial charge on any atom is -0.491 e. The number of anilines is 1. The maximum Gasteiger partial charge on any atom is 0.418 e. The van der Waals surface area contributed by atoms with Gasteiger partial charge in [-0.2, -0.15) is 0 Å². The van der Waals surface area contributed by atoms with Gasteiger partial charge in [0, 0.05) is 11.7 Å². The summed E-state index contributed by atoms with van der Waals surface area (Å²) in [5, 5.41) is 2.56. The van der Waals surface area contributed by atoms with Crippen LogP contribution in [0.2, 0.25) is 0 Å². The summed E-state index contributed by atoms with van der Waals surface area (Å²) >= 11 is 0. The summed E-state index contributed by atoms with van der Waals surface area (Å²) in [6, 6.07) is 2.23. The van der Waals surface area contributed by atoms with Crippen molar-refractivity contribution in [2.24, 2.45) is 5.41 Å². The van der Waals surface area contributed by atoms with Crippen molar-refractivity contribution in [1.29, 1.82) is 0 Å². The van der Waals surface area contributed by atoms with Gasteiger partial charge in [-0.05, 0) is 38.5 Å². The molecule has 1 unspecified atom stereocenters. The second kappa shape index (κ2) is 15.0. The van der Waals surface area contributed by atoms with E-state index < -0.39 is 50.6 Å². The molecule has 1 aliphatic rings. The lowest BCUT2D eigenvalue weighted by Crippen LogP contribution is -2.55. The number of amides is 3. The predicted molar refractivity (Wildman–Crippen MR) is 161 cm³/mol. The van der Waals surface area contributed by atoms with E-state index in [0.717, 1.165) is 31.9 Å². The molecule has 236 valence electrons. The van der Waals surface area contributed by atoms with Crippen molar-refractivity contribution >= 4 is 39.2 Å². The van der Waals surface area contributed by atoms with E-state index in [-0.39, 0.29) is 16.3 Å². The average Bonchev–Trinajstić information content (AvgIpc) is 3.08. The zero-order chi connectivity index (χ0) is 31.7. The molecule has 11 heteroatoms. The second-order valence-corrected chi connectivity index (χ2v) is 14.5. The Morgan fingerprint density at radius 1 is 0.976 bits per heavy atom. The molecule has 2 rings (SSSR count). The third-order valence-electron chi connectivity index (χ3n) is 7.16. The lowest BCUT2D eigenvalue weighted by Gasteiger charge is -2.28. The Bertz CT molecular complexity index is 1230. The molecule has 1 fully saturated rings. The number of carbonyl (C=O) groups is 4. The van der Waals surface area contributed by atoms with Crippen LogP contribution < -0.4 is 10.1 Å². The van der Waals surface area contributed by atoms with Crippen LogP contribution in [0.5, 0.6) is 5.75 Å². The van der Waals surface area contributed by atoms with Crippen LogP contribution in [0, 0.1) is 5.41 Å². The zero-order valence-electron chi connectivity index (χ0n) is 26.2. The molecule has 0 bridgehead atoms. The Labute approximate surface area is 250 Å². The molecular formula is C31H48N2O8S. The fourth-order valence-electron chi connectivity index (χ4n) is 4.61. The van der Waals surface area contributed by atoms with Gasteiger partial charge in [-0.1, -0.05) is 85.5 Å². The molecule has 42 heavy (non-hydrogen) atoms. The van der Waals surface area contributed by atoms with Crippen LogP contribution in [0.4, 0.5) is 10.5 Å². The van der Waals surface area contributed by atoms with Gasteiger partial charge in [0.25, 0.3) is 11.8 Å². The molecule has 1 N–H and O–H groups in total. The average molecular weight is 609 g/mol. The van der Waals surface area contributed by atoms with Crippen molar-refractivity contribution in [3.63, 3.8) is 0 Å². The van der Waals surface area contributed by atoms with E-state index in [1.165, 1.54) is 70.6 Å². The molecule has 0 radical (unpaired) electrons. The lowest BCUT2D eigenvalue weighted by molar-refractivity contribution is -0.145. The highest BCUT2D eigenvalue weighted by molar-refractivity contribution is 7.90. The molecule has 3 amide bonds. The van der Waals surface area contributed by atoms with Crippen molar-refractivity contribution in [3.05, 3.63) is 18.2 Å². The van der Waals surface area contributed by atoms with E-state index >= 15 is 0 Å². The number of rotatable bonds is 17. The largest absolute Gasteiger partial charge is 0.491 e. The van der Waals surface area contributed by atoms with Gasteiger partial charge in [-0.3, -0.25) is 14.4 Å². The van der Waals surface area contributed by atoms with Gasteiger partial charge >= 0.3 is 6.09 Å². The van der Waals surface area contributed by atoms with Crippen LogP contribution in [0.25, 0.3) is 0 Å². The number of cyclic esters (lactones) is 1. The Morgan fingerprint density at radius 3 is 2.00 bits per heavy atom. The van der Waals surface area contributed by atoms with Crippen molar-refractivity contribution in [1.82, 2.24) is 4.90 Å². The summed E-state index contributed by atoms with van der Waals surface area (Å²) < 4.78 is 35.6. The summed E-state index contributed by atoms with van der Waals surface area (Å²) in [5.41, 5.74) is -2.63. The number of benzene rings is 1. The fourth-order valence-corrected chi connectivity index (χ4v) is 5.25. The first kappa shape index (κ1) is 35.2. The molecule has 0 spiro atoms. The number of unbranched alkanes of at least 4 members (excludes halogenated alkanes) is 9. The molecule has 0 aliphatic carbocycles. The molecule has 1 aliphatic heterocycles. The molecule has 1 saturated heterocycles. The van der Waals surface area contributed by atoms with Crippen LogP contribution in [0.1, 0.15) is 106 Å². The summed E-state index contributed by atoms with van der Waals surface area (Å²) in [6.45, 7) is 10.00. The summed E-state index contributed by atoms with van der Waals surface area (Å²) in [6.07, 6.45) is 11.5. The third kappa shape index (κ3) is 9.81. The summed E-state index contributed by atoms with van der Waals surface area (Å²) in [5.74, 6) is -2.28. The topological polar surface area (TPSA) is 136 Å². The van der Waals surface area contributed by atoms with Gasteiger partial charge < -0.3 is 14.8 Å². The van der Waals surface area contributed by atoms with Crippen LogP contribution in [0.15, 0.2) is 23.1 Å². The minimum atomic E-state index is -3.64. The number of sulfone groups is 1. The molecular weight excluding hydrogens is 560 g/mol. The van der Waals surface area contributed by atoms with E-state index in [0.29, 0.717) is 11.5 Å². The number of ether oxygens (including phenoxy) is 2. The van der Waals surface area contributed by atoms with Crippen molar-refractivity contribution in [2.75, 3.05) is 18.2 Å². The van der Waals surface area contributed by atoms with Crippen molar-refractivity contribution in [2.45, 2.75) is 122 Å². The number of hydrogen-bond acceptors (Lipinski definition) is 8. The maximum atomic E-state index is 13.6. The number of carbonyl (C=O) groups excluding carboxylic acids is 4. The van der Waals surface area contributed by atoms with Gasteiger partial charge in [0.2, 0.25) is 0 Å². The fraction of sp³-hybridized carbons (Fsp3) is 0.677. The number of Topliss-reactive ketones (excluding diaryl/α,β-unsaturated/α-hetero) is 1. The van der Waals surface area contributed by atoms with Crippen LogP contribution in [-0.4, -0.2) is 61.5 Å². The molecule has 1 heterocycles. The van der Waals surface area contributed by atoms with E-state index in [9.17, 15) is 27.6 Å². The molecule has 0 saturated carbocycles. The van der Waals surface area contributed by atoms with Gasteiger partial charge in [-0.15, -0.1) is 0 Å². The lowest BCUT2D eigenvalue weighted by atomic mass is 9.85. The third-order valence-corrected chi connectivity index (χ3v) is 8.27. The molecule has 10 nitrogen and oxygen atoms in total. The number of ketones is 1. The van der Waals surface area contributed by atoms with E-state index in [4.69, 9.17) is 9.47 Å². The predicted octanol–water partition coefficient (Wildman–Crippen LogP) is 6.07. The van der Waals surface area contributed by atoms with E-state index in [1.54, 1.807) is 20.8 Å². The smallest absolute Gasteiger partial charge is 0.418 e. The number of imide groups is 1.